The molecule has 1 fully saturated rings. The van der Waals surface area contributed by atoms with Gasteiger partial charge in [0.1, 0.15) is 11.8 Å². The molecule has 242 valence electrons. The van der Waals surface area contributed by atoms with Gasteiger partial charge in [-0.05, 0) is 37.1 Å². The first-order chi connectivity index (χ1) is 21.2. The highest BCUT2D eigenvalue weighted by molar-refractivity contribution is 6.07. The summed E-state index contributed by atoms with van der Waals surface area (Å²) in [6.07, 6.45) is 1.53. The fourth-order valence-electron chi connectivity index (χ4n) is 4.66. The topological polar surface area (TPSA) is 183 Å². The second-order valence-electron chi connectivity index (χ2n) is 11.2. The molecule has 3 rings (SSSR count). The number of ketones is 1. The minimum absolute atomic E-state index is 0.125. The van der Waals surface area contributed by atoms with Crippen molar-refractivity contribution in [2.75, 3.05) is 40.3 Å². The number of halogens is 2. The van der Waals surface area contributed by atoms with Crippen LogP contribution < -0.4 is 21.1 Å². The van der Waals surface area contributed by atoms with Crippen LogP contribution in [0.2, 0.25) is 0 Å². The number of carbonyl (C=O) groups is 4. The number of fused-ring (bicyclic) bond motifs is 1. The molecular weight excluding hydrogens is 590 g/mol. The second-order valence-corrected chi connectivity index (χ2v) is 11.2. The molecule has 1 aromatic heterocycles. The van der Waals surface area contributed by atoms with Crippen molar-refractivity contribution in [3.05, 3.63) is 36.0 Å². The van der Waals surface area contributed by atoms with Crippen LogP contribution in [0.3, 0.4) is 0 Å². The van der Waals surface area contributed by atoms with Gasteiger partial charge in [0.2, 0.25) is 5.91 Å². The number of carbonyl (C=O) groups excluding carboxylic acids is 4. The third-order valence-corrected chi connectivity index (χ3v) is 7.10. The zero-order valence-electron chi connectivity index (χ0n) is 25.7. The van der Waals surface area contributed by atoms with Gasteiger partial charge in [-0.25, -0.2) is 8.78 Å². The lowest BCUT2D eigenvalue weighted by Gasteiger charge is -2.20. The quantitative estimate of drug-likeness (QED) is 0.168. The second kappa shape index (κ2) is 15.2. The van der Waals surface area contributed by atoms with Gasteiger partial charge in [-0.2, -0.15) is 5.26 Å². The molecular formula is C30H38F2N8O5. The number of benzene rings is 1. The third-order valence-electron chi connectivity index (χ3n) is 7.10. The highest BCUT2D eigenvalue weighted by Gasteiger charge is 2.47. The summed E-state index contributed by atoms with van der Waals surface area (Å²) in [6, 6.07) is 5.75. The Kier molecular flexibility index (Phi) is 11.7. The molecule has 3 amide bonds. The maximum absolute atomic E-state index is 13.7. The summed E-state index contributed by atoms with van der Waals surface area (Å²) in [6.45, 7) is 2.01. The van der Waals surface area contributed by atoms with Crippen LogP contribution in [0.25, 0.3) is 10.9 Å². The molecule has 2 aromatic rings. The molecule has 15 heteroatoms. The van der Waals surface area contributed by atoms with E-state index in [2.05, 4.69) is 20.6 Å². The van der Waals surface area contributed by atoms with Crippen LogP contribution in [0.1, 0.15) is 43.5 Å². The molecule has 1 aromatic carbocycles. The molecule has 2 heterocycles. The first kappa shape index (κ1) is 34.6. The Balaban J connectivity index is 1.63. The number of nitrogens with one attached hydrogen (secondary N) is 2. The number of likely N-dealkylation sites (tertiary alicyclic amines) is 1. The molecule has 0 saturated carbocycles. The predicted molar refractivity (Wildman–Crippen MR) is 161 cm³/mol. The van der Waals surface area contributed by atoms with Gasteiger partial charge in [-0.1, -0.05) is 13.8 Å². The van der Waals surface area contributed by atoms with Gasteiger partial charge in [-0.15, -0.1) is 0 Å². The van der Waals surface area contributed by atoms with E-state index in [-0.39, 0.29) is 23.0 Å². The lowest BCUT2D eigenvalue weighted by molar-refractivity contribution is -0.131. The number of alkyl halides is 2. The van der Waals surface area contributed by atoms with Gasteiger partial charge < -0.3 is 30.9 Å². The van der Waals surface area contributed by atoms with E-state index >= 15 is 0 Å². The van der Waals surface area contributed by atoms with E-state index in [0.29, 0.717) is 36.2 Å². The summed E-state index contributed by atoms with van der Waals surface area (Å²) in [5.41, 5.74) is 6.35. The molecule has 0 aliphatic carbocycles. The van der Waals surface area contributed by atoms with Gasteiger partial charge in [-0.3, -0.25) is 29.2 Å². The summed E-state index contributed by atoms with van der Waals surface area (Å²) in [5, 5.41) is 14.6. The fraction of sp³-hybridized carbons (Fsp3) is 0.500. The summed E-state index contributed by atoms with van der Waals surface area (Å²) in [4.78, 5) is 61.8. The molecule has 1 saturated heterocycles. The van der Waals surface area contributed by atoms with Gasteiger partial charge in [0.25, 0.3) is 17.7 Å². The molecule has 0 bridgehead atoms. The smallest absolute Gasteiger partial charge is 0.268 e. The molecule has 0 radical (unpaired) electrons. The Morgan fingerprint density at radius 3 is 2.67 bits per heavy atom. The van der Waals surface area contributed by atoms with Crippen LogP contribution >= 0.6 is 0 Å². The van der Waals surface area contributed by atoms with E-state index in [4.69, 9.17) is 15.7 Å². The van der Waals surface area contributed by atoms with E-state index in [0.717, 1.165) is 4.90 Å². The van der Waals surface area contributed by atoms with E-state index in [9.17, 15) is 28.0 Å². The molecule has 4 N–H and O–H groups in total. The first-order valence-corrected chi connectivity index (χ1v) is 14.4. The van der Waals surface area contributed by atoms with E-state index in [1.165, 1.54) is 18.3 Å². The van der Waals surface area contributed by atoms with Gasteiger partial charge in [0.15, 0.2) is 18.3 Å². The normalized spacial score (nSPS) is 16.6. The Morgan fingerprint density at radius 1 is 1.27 bits per heavy atom. The lowest BCUT2D eigenvalue weighted by Crippen LogP contribution is -2.44. The number of nitrogens with zero attached hydrogens (tertiary/aromatic N) is 5. The Labute approximate surface area is 259 Å². The van der Waals surface area contributed by atoms with Crippen LogP contribution in [0.5, 0.6) is 5.75 Å². The number of hydrogen-bond acceptors (Lipinski definition) is 8. The SMILES string of the molecule is CC(C)C(=O)[C@H](CCCN=C(N)N(C)C)NC(=O)COc1ccc2nccc(C(=O)NCC(=O)N3CC(F)(F)C[C@H]3C#N)c2c1. The van der Waals surface area contributed by atoms with Crippen molar-refractivity contribution < 1.29 is 32.7 Å². The zero-order valence-corrected chi connectivity index (χ0v) is 25.7. The maximum Gasteiger partial charge on any atom is 0.268 e. The van der Waals surface area contributed by atoms with Crippen molar-refractivity contribution in [1.29, 1.82) is 5.26 Å². The minimum atomic E-state index is -3.17. The van der Waals surface area contributed by atoms with E-state index in [1.807, 2.05) is 0 Å². The molecule has 2 atom stereocenters. The summed E-state index contributed by atoms with van der Waals surface area (Å²) < 4.78 is 33.1. The van der Waals surface area contributed by atoms with Crippen molar-refractivity contribution >= 4 is 40.4 Å². The van der Waals surface area contributed by atoms with Crippen molar-refractivity contribution in [1.82, 2.24) is 25.4 Å². The van der Waals surface area contributed by atoms with Crippen LogP contribution in [0.15, 0.2) is 35.5 Å². The molecule has 0 spiro atoms. The third kappa shape index (κ3) is 9.56. The van der Waals surface area contributed by atoms with Crippen LogP contribution in [-0.2, 0) is 14.4 Å². The first-order valence-electron chi connectivity index (χ1n) is 14.4. The largest absolute Gasteiger partial charge is 0.484 e. The molecule has 13 nitrogen and oxygen atoms in total. The fourth-order valence-corrected chi connectivity index (χ4v) is 4.66. The number of Topliss-reactive ketones (excluding diaryl/α,β-unsaturated/α-hetero) is 1. The van der Waals surface area contributed by atoms with Crippen molar-refractivity contribution in [3.63, 3.8) is 0 Å². The van der Waals surface area contributed by atoms with Gasteiger partial charge >= 0.3 is 0 Å². The number of amides is 3. The minimum Gasteiger partial charge on any atom is -0.484 e. The summed E-state index contributed by atoms with van der Waals surface area (Å²) in [7, 11) is 3.54. The predicted octanol–water partition coefficient (Wildman–Crippen LogP) is 1.47. The van der Waals surface area contributed by atoms with Crippen LogP contribution in [0.4, 0.5) is 8.78 Å². The number of ether oxygens (including phenoxy) is 1. The van der Waals surface area contributed by atoms with Crippen molar-refractivity contribution in [2.24, 2.45) is 16.6 Å². The molecule has 1 aliphatic heterocycles. The Morgan fingerprint density at radius 2 is 2.00 bits per heavy atom. The number of nitrogens with two attached hydrogens (primary N) is 1. The number of guanidine groups is 1. The average Bonchev–Trinajstić information content (AvgIpc) is 3.33. The number of hydrogen-bond donors (Lipinski definition) is 3. The van der Waals surface area contributed by atoms with E-state index < -0.39 is 61.8 Å². The molecule has 0 unspecified atom stereocenters. The summed E-state index contributed by atoms with van der Waals surface area (Å²) in [5.74, 6) is -4.98. The Bertz CT molecular complexity index is 1490. The number of aromatic nitrogens is 1. The van der Waals surface area contributed by atoms with Gasteiger partial charge in [0.05, 0.1) is 36.3 Å². The maximum atomic E-state index is 13.7. The molecule has 45 heavy (non-hydrogen) atoms. The average molecular weight is 629 g/mol. The highest BCUT2D eigenvalue weighted by atomic mass is 19.3. The number of pyridine rings is 1. The number of nitriles is 1. The Hall–Kier alpha value is -4.87. The highest BCUT2D eigenvalue weighted by Crippen LogP contribution is 2.31. The van der Waals surface area contributed by atoms with Crippen molar-refractivity contribution in [3.8, 4) is 11.8 Å². The van der Waals surface area contributed by atoms with Crippen LogP contribution in [-0.4, -0.2) is 103 Å². The number of rotatable bonds is 13. The van der Waals surface area contributed by atoms with Crippen molar-refractivity contribution in [2.45, 2.75) is 51.1 Å². The number of aliphatic imine (C=N–C) groups is 1. The monoisotopic (exact) mass is 628 g/mol. The zero-order chi connectivity index (χ0) is 33.3. The van der Waals surface area contributed by atoms with Gasteiger partial charge in [0, 0.05) is 44.6 Å². The standard InChI is InChI=1S/C30H38F2N8O5/c1-18(2)27(43)24(6-5-10-36-29(34)39(3)4)38-25(41)16-45-20-7-8-23-22(12-20)21(9-11-35-23)28(44)37-15-26(42)40-17-30(31,32)13-19(40)14-33/h7-9,11-12,18-19,24H,5-6,10,13,15-17H2,1-4H3,(H2,34,36)(H,37,44)(H,38,41)/t19-,24-/m0/s1. The summed E-state index contributed by atoms with van der Waals surface area (Å²) >= 11 is 0. The van der Waals surface area contributed by atoms with E-state index in [1.54, 1.807) is 51.0 Å². The van der Waals surface area contributed by atoms with Crippen LogP contribution in [0, 0.1) is 17.2 Å². The molecule has 1 aliphatic rings. The lowest BCUT2D eigenvalue weighted by atomic mass is 9.98.